The third-order valence-electron chi connectivity index (χ3n) is 4.95. The maximum atomic E-state index is 6.18. The summed E-state index contributed by atoms with van der Waals surface area (Å²) >= 11 is 0. The lowest BCUT2D eigenvalue weighted by Gasteiger charge is -2.36. The van der Waals surface area contributed by atoms with E-state index in [2.05, 4.69) is 67.7 Å². The van der Waals surface area contributed by atoms with E-state index in [4.69, 9.17) is 8.85 Å². The standard InChI is InChI=1S/C16H38O2S2Si2/c1-15(2,3)21(7,8)17-11-13-19-20-14-12-18-22(9,10)16(4,5)6/h11-14H2,1-10H3. The summed E-state index contributed by atoms with van der Waals surface area (Å²) in [6.45, 7) is 24.8. The Hall–Kier alpha value is 1.05. The van der Waals surface area contributed by atoms with Gasteiger partial charge >= 0.3 is 0 Å². The van der Waals surface area contributed by atoms with E-state index < -0.39 is 16.6 Å². The van der Waals surface area contributed by atoms with Gasteiger partial charge in [-0.15, -0.1) is 0 Å². The normalized spacial score (nSPS) is 14.5. The van der Waals surface area contributed by atoms with Crippen LogP contribution in [-0.2, 0) is 8.85 Å². The second-order valence-electron chi connectivity index (χ2n) is 8.86. The van der Waals surface area contributed by atoms with Crippen molar-refractivity contribution in [2.75, 3.05) is 24.7 Å². The maximum absolute atomic E-state index is 6.18. The highest BCUT2D eigenvalue weighted by molar-refractivity contribution is 8.76. The van der Waals surface area contributed by atoms with Crippen LogP contribution in [0.1, 0.15) is 41.5 Å². The minimum absolute atomic E-state index is 0.307. The molecule has 0 aromatic heterocycles. The highest BCUT2D eigenvalue weighted by Crippen LogP contribution is 2.37. The lowest BCUT2D eigenvalue weighted by atomic mass is 10.2. The highest BCUT2D eigenvalue weighted by atomic mass is 33.1. The van der Waals surface area contributed by atoms with Gasteiger partial charge in [0.15, 0.2) is 16.6 Å². The Kier molecular flexibility index (Phi) is 9.38. The summed E-state index contributed by atoms with van der Waals surface area (Å²) in [6.07, 6.45) is 0. The van der Waals surface area contributed by atoms with E-state index in [9.17, 15) is 0 Å². The minimum Gasteiger partial charge on any atom is -0.416 e. The molecule has 6 heteroatoms. The van der Waals surface area contributed by atoms with Crippen molar-refractivity contribution in [3.8, 4) is 0 Å². The molecule has 0 unspecified atom stereocenters. The second-order valence-corrected chi connectivity index (χ2v) is 21.2. The third kappa shape index (κ3) is 8.24. The Labute approximate surface area is 149 Å². The van der Waals surface area contributed by atoms with E-state index in [0.717, 1.165) is 24.7 Å². The van der Waals surface area contributed by atoms with Gasteiger partial charge in [0.1, 0.15) is 0 Å². The Balaban J connectivity index is 3.73. The molecule has 0 heterocycles. The molecule has 0 N–H and O–H groups in total. The molecule has 0 rings (SSSR count). The van der Waals surface area contributed by atoms with E-state index in [1.807, 2.05) is 21.6 Å². The monoisotopic (exact) mass is 382 g/mol. The average molecular weight is 383 g/mol. The summed E-state index contributed by atoms with van der Waals surface area (Å²) in [4.78, 5) is 0. The molecule has 0 bridgehead atoms. The largest absolute Gasteiger partial charge is 0.416 e. The van der Waals surface area contributed by atoms with Crippen molar-refractivity contribution in [2.24, 2.45) is 0 Å². The van der Waals surface area contributed by atoms with Crippen LogP contribution >= 0.6 is 21.6 Å². The van der Waals surface area contributed by atoms with Crippen LogP contribution in [0.3, 0.4) is 0 Å². The van der Waals surface area contributed by atoms with E-state index in [-0.39, 0.29) is 0 Å². The lowest BCUT2D eigenvalue weighted by molar-refractivity contribution is 0.310. The van der Waals surface area contributed by atoms with Crippen LogP contribution in [0.25, 0.3) is 0 Å². The highest BCUT2D eigenvalue weighted by Gasteiger charge is 2.37. The zero-order valence-corrected chi connectivity index (χ0v) is 20.1. The molecular formula is C16H38O2S2Si2. The van der Waals surface area contributed by atoms with Crippen LogP contribution in [0, 0.1) is 0 Å². The predicted molar refractivity (Wildman–Crippen MR) is 111 cm³/mol. The van der Waals surface area contributed by atoms with Crippen molar-refractivity contribution in [1.82, 2.24) is 0 Å². The average Bonchev–Trinajstić information content (AvgIpc) is 2.29. The minimum atomic E-state index is -1.57. The zero-order valence-electron chi connectivity index (χ0n) is 16.5. The quantitative estimate of drug-likeness (QED) is 0.260. The van der Waals surface area contributed by atoms with Gasteiger partial charge in [-0.1, -0.05) is 63.1 Å². The predicted octanol–water partition coefficient (Wildman–Crippen LogP) is 6.41. The van der Waals surface area contributed by atoms with Crippen molar-refractivity contribution in [2.45, 2.75) is 77.8 Å². The molecule has 134 valence electrons. The number of hydrogen-bond donors (Lipinski definition) is 0. The van der Waals surface area contributed by atoms with Gasteiger partial charge in [0, 0.05) is 24.7 Å². The van der Waals surface area contributed by atoms with Crippen LogP contribution in [0.4, 0.5) is 0 Å². The van der Waals surface area contributed by atoms with Crippen molar-refractivity contribution in [1.29, 1.82) is 0 Å². The first kappa shape index (κ1) is 23.1. The fourth-order valence-corrected chi connectivity index (χ4v) is 5.25. The SMILES string of the molecule is CC(C)(C)[Si](C)(C)OCCSSCCO[Si](C)(C)C(C)(C)C. The topological polar surface area (TPSA) is 18.5 Å². The Morgan fingerprint density at radius 1 is 0.636 bits per heavy atom. The summed E-state index contributed by atoms with van der Waals surface area (Å²) in [7, 11) is 0.688. The molecular weight excluding hydrogens is 344 g/mol. The second kappa shape index (κ2) is 8.95. The van der Waals surface area contributed by atoms with Crippen LogP contribution in [0.5, 0.6) is 0 Å². The van der Waals surface area contributed by atoms with Gasteiger partial charge in [-0.3, -0.25) is 0 Å². The summed E-state index contributed by atoms with van der Waals surface area (Å²) < 4.78 is 12.4. The Morgan fingerprint density at radius 2 is 0.909 bits per heavy atom. The van der Waals surface area contributed by atoms with Crippen LogP contribution in [-0.4, -0.2) is 41.4 Å². The lowest BCUT2D eigenvalue weighted by Crippen LogP contribution is -2.41. The molecule has 0 aliphatic carbocycles. The van der Waals surface area contributed by atoms with Crippen LogP contribution in [0.2, 0.25) is 36.3 Å². The van der Waals surface area contributed by atoms with Crippen molar-refractivity contribution in [3.63, 3.8) is 0 Å². The Bertz CT molecular complexity index is 289. The molecule has 0 saturated heterocycles. The van der Waals surface area contributed by atoms with Gasteiger partial charge in [0.25, 0.3) is 0 Å². The van der Waals surface area contributed by atoms with Crippen LogP contribution < -0.4 is 0 Å². The molecule has 2 nitrogen and oxygen atoms in total. The van der Waals surface area contributed by atoms with Gasteiger partial charge in [0.2, 0.25) is 0 Å². The zero-order chi connectivity index (χ0) is 17.7. The van der Waals surface area contributed by atoms with Gasteiger partial charge in [-0.2, -0.15) is 0 Å². The summed E-state index contributed by atoms with van der Waals surface area (Å²) in [5, 5.41) is 0.615. The molecule has 0 aliphatic rings. The molecule has 0 aromatic carbocycles. The van der Waals surface area contributed by atoms with Gasteiger partial charge in [-0.05, 0) is 36.3 Å². The molecule has 0 atom stereocenters. The fraction of sp³-hybridized carbons (Fsp3) is 1.00. The van der Waals surface area contributed by atoms with Gasteiger partial charge in [-0.25, -0.2) is 0 Å². The molecule has 0 fully saturated rings. The van der Waals surface area contributed by atoms with E-state index in [1.165, 1.54) is 0 Å². The molecule has 22 heavy (non-hydrogen) atoms. The maximum Gasteiger partial charge on any atom is 0.192 e. The summed E-state index contributed by atoms with van der Waals surface area (Å²) in [5.74, 6) is 2.13. The molecule has 0 radical (unpaired) electrons. The first-order valence-electron chi connectivity index (χ1n) is 8.23. The number of hydrogen-bond acceptors (Lipinski definition) is 4. The smallest absolute Gasteiger partial charge is 0.192 e. The summed E-state index contributed by atoms with van der Waals surface area (Å²) in [5.41, 5.74) is 0. The van der Waals surface area contributed by atoms with Crippen LogP contribution in [0.15, 0.2) is 0 Å². The van der Waals surface area contributed by atoms with Crippen molar-refractivity contribution in [3.05, 3.63) is 0 Å². The molecule has 0 aromatic rings. The summed E-state index contributed by atoms with van der Waals surface area (Å²) in [6, 6.07) is 0. The molecule has 0 aliphatic heterocycles. The van der Waals surface area contributed by atoms with Gasteiger partial charge < -0.3 is 8.85 Å². The van der Waals surface area contributed by atoms with E-state index >= 15 is 0 Å². The van der Waals surface area contributed by atoms with E-state index in [1.54, 1.807) is 0 Å². The van der Waals surface area contributed by atoms with Crippen molar-refractivity contribution < 1.29 is 8.85 Å². The van der Waals surface area contributed by atoms with Crippen molar-refractivity contribution >= 4 is 38.2 Å². The van der Waals surface area contributed by atoms with E-state index in [0.29, 0.717) is 10.1 Å². The molecule has 0 saturated carbocycles. The first-order chi connectivity index (χ1) is 9.71. The first-order valence-corrected chi connectivity index (χ1v) is 16.5. The van der Waals surface area contributed by atoms with Gasteiger partial charge in [0.05, 0.1) is 0 Å². The molecule has 0 spiro atoms. The fourth-order valence-electron chi connectivity index (χ4n) is 1.21. The third-order valence-corrected chi connectivity index (χ3v) is 16.4. The Morgan fingerprint density at radius 3 is 1.14 bits per heavy atom. The number of rotatable bonds is 9. The molecule has 0 amide bonds.